The first-order valence-corrected chi connectivity index (χ1v) is 9.84. The third kappa shape index (κ3) is 6.04. The molecule has 1 saturated heterocycles. The molecule has 0 aromatic heterocycles. The number of aliphatic hydroxyl groups excluding tert-OH is 1. The Morgan fingerprint density at radius 1 is 1.15 bits per heavy atom. The number of nitrogens with one attached hydrogen (secondary N) is 1. The highest BCUT2D eigenvalue weighted by Gasteiger charge is 2.39. The number of hydrogen-bond acceptors (Lipinski definition) is 4. The van der Waals surface area contributed by atoms with Crippen LogP contribution in [0.4, 0.5) is 9.59 Å². The van der Waals surface area contributed by atoms with E-state index >= 15 is 0 Å². The van der Waals surface area contributed by atoms with E-state index in [9.17, 15) is 19.8 Å². The standard InChI is InChI=1S/C19H34N2O5/c1-19(2,3)26-17(23)20-14(12-13-8-5-4-6-9-13)16(22)15-10-7-11-21(15)18(24)25/h13-16,22H,4-12H2,1-3H3,(H,20,23)(H,24,25). The van der Waals surface area contributed by atoms with E-state index in [0.717, 1.165) is 19.3 Å². The number of hydrogen-bond donors (Lipinski definition) is 3. The van der Waals surface area contributed by atoms with Crippen LogP contribution in [0.3, 0.4) is 0 Å². The summed E-state index contributed by atoms with van der Waals surface area (Å²) in [5.41, 5.74) is -0.620. The second-order valence-corrected chi connectivity index (χ2v) is 8.67. The Morgan fingerprint density at radius 3 is 2.38 bits per heavy atom. The van der Waals surface area contributed by atoms with Crippen LogP contribution in [0.15, 0.2) is 0 Å². The monoisotopic (exact) mass is 370 g/mol. The lowest BCUT2D eigenvalue weighted by atomic mass is 9.82. The summed E-state index contributed by atoms with van der Waals surface area (Å²) in [6.45, 7) is 5.81. The molecule has 2 aliphatic rings. The van der Waals surface area contributed by atoms with Crippen LogP contribution >= 0.6 is 0 Å². The van der Waals surface area contributed by atoms with Crippen molar-refractivity contribution in [2.24, 2.45) is 5.92 Å². The van der Waals surface area contributed by atoms with Gasteiger partial charge in [-0.3, -0.25) is 0 Å². The van der Waals surface area contributed by atoms with E-state index in [-0.39, 0.29) is 0 Å². The Balaban J connectivity index is 2.07. The van der Waals surface area contributed by atoms with Crippen LogP contribution in [0, 0.1) is 5.92 Å². The zero-order valence-corrected chi connectivity index (χ0v) is 16.2. The van der Waals surface area contributed by atoms with Gasteiger partial charge in [-0.1, -0.05) is 32.1 Å². The first kappa shape index (κ1) is 20.8. The number of aliphatic hydroxyl groups is 1. The summed E-state index contributed by atoms with van der Waals surface area (Å²) in [6, 6.07) is -0.978. The fourth-order valence-electron chi connectivity index (χ4n) is 4.18. The highest BCUT2D eigenvalue weighted by molar-refractivity contribution is 5.68. The highest BCUT2D eigenvalue weighted by atomic mass is 16.6. The summed E-state index contributed by atoms with van der Waals surface area (Å²) in [7, 11) is 0. The Hall–Kier alpha value is -1.50. The minimum Gasteiger partial charge on any atom is -0.465 e. The lowest BCUT2D eigenvalue weighted by Gasteiger charge is -2.35. The minimum absolute atomic E-state index is 0.430. The van der Waals surface area contributed by atoms with Crippen molar-refractivity contribution in [3.05, 3.63) is 0 Å². The molecule has 2 amide bonds. The number of nitrogens with zero attached hydrogens (tertiary/aromatic N) is 1. The number of alkyl carbamates (subject to hydrolysis) is 1. The van der Waals surface area contributed by atoms with Crippen molar-refractivity contribution >= 4 is 12.2 Å². The van der Waals surface area contributed by atoms with Crippen LogP contribution in [0.1, 0.15) is 72.1 Å². The van der Waals surface area contributed by atoms with Crippen LogP contribution in [0.2, 0.25) is 0 Å². The second kappa shape index (κ2) is 8.93. The Morgan fingerprint density at radius 2 is 1.81 bits per heavy atom. The number of carboxylic acid groups (broad SMARTS) is 1. The summed E-state index contributed by atoms with van der Waals surface area (Å²) < 4.78 is 5.35. The molecule has 3 atom stereocenters. The van der Waals surface area contributed by atoms with E-state index in [4.69, 9.17) is 4.74 Å². The van der Waals surface area contributed by atoms with Gasteiger partial charge in [-0.2, -0.15) is 0 Å². The number of amides is 2. The highest BCUT2D eigenvalue weighted by Crippen LogP contribution is 2.30. The summed E-state index contributed by atoms with van der Waals surface area (Å²) >= 11 is 0. The van der Waals surface area contributed by atoms with Crippen molar-refractivity contribution < 1.29 is 24.5 Å². The maximum atomic E-state index is 12.3. The Bertz CT molecular complexity index is 485. The molecular weight excluding hydrogens is 336 g/mol. The van der Waals surface area contributed by atoms with Gasteiger partial charge in [0, 0.05) is 6.54 Å². The van der Waals surface area contributed by atoms with Crippen LogP contribution in [0.5, 0.6) is 0 Å². The molecule has 2 rings (SSSR count). The van der Waals surface area contributed by atoms with Gasteiger partial charge in [0.2, 0.25) is 0 Å². The van der Waals surface area contributed by atoms with Crippen LogP contribution in [-0.4, -0.2) is 57.6 Å². The first-order valence-electron chi connectivity index (χ1n) is 9.84. The fourth-order valence-corrected chi connectivity index (χ4v) is 4.18. The fraction of sp³-hybridized carbons (Fsp3) is 0.895. The molecule has 0 spiro atoms. The maximum absolute atomic E-state index is 12.3. The van der Waals surface area contributed by atoms with Gasteiger partial charge in [-0.15, -0.1) is 0 Å². The van der Waals surface area contributed by atoms with Crippen LogP contribution in [-0.2, 0) is 4.74 Å². The molecule has 26 heavy (non-hydrogen) atoms. The SMILES string of the molecule is CC(C)(C)OC(=O)NC(CC1CCCCC1)C(O)C1CCCN1C(=O)O. The average Bonchev–Trinajstić information content (AvgIpc) is 3.02. The van der Waals surface area contributed by atoms with Gasteiger partial charge in [0.1, 0.15) is 5.60 Å². The van der Waals surface area contributed by atoms with Crippen molar-refractivity contribution in [2.45, 2.75) is 95.9 Å². The molecule has 7 nitrogen and oxygen atoms in total. The zero-order valence-electron chi connectivity index (χ0n) is 16.2. The number of rotatable bonds is 5. The third-order valence-electron chi connectivity index (χ3n) is 5.37. The quantitative estimate of drug-likeness (QED) is 0.689. The van der Waals surface area contributed by atoms with E-state index in [1.807, 2.05) is 0 Å². The van der Waals surface area contributed by atoms with Gasteiger partial charge in [0.15, 0.2) is 0 Å². The number of carbonyl (C=O) groups excluding carboxylic acids is 1. The molecule has 2 fully saturated rings. The molecule has 3 unspecified atom stereocenters. The van der Waals surface area contributed by atoms with Crippen molar-refractivity contribution in [3.63, 3.8) is 0 Å². The smallest absolute Gasteiger partial charge is 0.407 e. The lowest BCUT2D eigenvalue weighted by molar-refractivity contribution is 0.0192. The summed E-state index contributed by atoms with van der Waals surface area (Å²) in [5.74, 6) is 0.443. The molecule has 0 aromatic rings. The van der Waals surface area contributed by atoms with Gasteiger partial charge in [0.25, 0.3) is 0 Å². The molecule has 0 bridgehead atoms. The molecule has 1 aliphatic carbocycles. The van der Waals surface area contributed by atoms with Crippen molar-refractivity contribution in [1.29, 1.82) is 0 Å². The Kier molecular flexibility index (Phi) is 7.15. The van der Waals surface area contributed by atoms with E-state index < -0.39 is 36.0 Å². The summed E-state index contributed by atoms with van der Waals surface area (Å²) in [6.07, 6.45) is 5.26. The van der Waals surface area contributed by atoms with Gasteiger partial charge < -0.3 is 25.2 Å². The maximum Gasteiger partial charge on any atom is 0.407 e. The minimum atomic E-state index is -1.01. The van der Waals surface area contributed by atoms with E-state index in [1.54, 1.807) is 20.8 Å². The van der Waals surface area contributed by atoms with Gasteiger partial charge >= 0.3 is 12.2 Å². The second-order valence-electron chi connectivity index (χ2n) is 8.67. The lowest BCUT2D eigenvalue weighted by Crippen LogP contribution is -2.54. The normalized spacial score (nSPS) is 24.2. The predicted molar refractivity (Wildman–Crippen MR) is 98.1 cm³/mol. The van der Waals surface area contributed by atoms with E-state index in [1.165, 1.54) is 24.2 Å². The number of carbonyl (C=O) groups is 2. The van der Waals surface area contributed by atoms with Gasteiger partial charge in [-0.25, -0.2) is 9.59 Å². The molecule has 7 heteroatoms. The van der Waals surface area contributed by atoms with E-state index in [2.05, 4.69) is 5.32 Å². The third-order valence-corrected chi connectivity index (χ3v) is 5.37. The average molecular weight is 370 g/mol. The van der Waals surface area contributed by atoms with E-state index in [0.29, 0.717) is 25.3 Å². The number of likely N-dealkylation sites (tertiary alicyclic amines) is 1. The van der Waals surface area contributed by atoms with Gasteiger partial charge in [0.05, 0.1) is 18.2 Å². The van der Waals surface area contributed by atoms with Crippen molar-refractivity contribution in [1.82, 2.24) is 10.2 Å². The topological polar surface area (TPSA) is 99.1 Å². The first-order chi connectivity index (χ1) is 12.2. The molecule has 3 N–H and O–H groups in total. The molecule has 1 heterocycles. The predicted octanol–water partition coefficient (Wildman–Crippen LogP) is 3.35. The van der Waals surface area contributed by atoms with Crippen molar-refractivity contribution in [3.8, 4) is 0 Å². The number of ether oxygens (including phenoxy) is 1. The van der Waals surface area contributed by atoms with Crippen LogP contribution < -0.4 is 5.32 Å². The molecular formula is C19H34N2O5. The molecule has 1 saturated carbocycles. The summed E-state index contributed by atoms with van der Waals surface area (Å²) in [4.78, 5) is 25.0. The zero-order chi connectivity index (χ0) is 19.3. The molecule has 0 aromatic carbocycles. The molecule has 1 aliphatic heterocycles. The Labute approximate surface area is 156 Å². The molecule has 0 radical (unpaired) electrons. The van der Waals surface area contributed by atoms with Crippen LogP contribution in [0.25, 0.3) is 0 Å². The molecule has 150 valence electrons. The van der Waals surface area contributed by atoms with Gasteiger partial charge in [-0.05, 0) is 46.0 Å². The largest absolute Gasteiger partial charge is 0.465 e. The van der Waals surface area contributed by atoms with Crippen molar-refractivity contribution in [2.75, 3.05) is 6.54 Å². The summed E-state index contributed by atoms with van der Waals surface area (Å²) in [5, 5.41) is 23.1.